The number of fused-ring (bicyclic) bond motifs is 1. The van der Waals surface area contributed by atoms with Crippen LogP contribution in [0.4, 0.5) is 4.79 Å². The van der Waals surface area contributed by atoms with Crippen molar-refractivity contribution in [3.8, 4) is 5.95 Å². The summed E-state index contributed by atoms with van der Waals surface area (Å²) in [6.07, 6.45) is 1.37. The van der Waals surface area contributed by atoms with E-state index in [0.29, 0.717) is 11.3 Å². The highest BCUT2D eigenvalue weighted by Crippen LogP contribution is 2.40. The van der Waals surface area contributed by atoms with E-state index in [4.69, 9.17) is 14.9 Å². The Hall–Kier alpha value is -1.91. The van der Waals surface area contributed by atoms with Crippen LogP contribution < -0.4 is 10.5 Å². The SMILES string of the molecule is NC1C(=O)N2C(C(=O)O)=C(CSC(=O)Oc3ccco3)CS[C@H]12. The number of rotatable bonds is 4. The van der Waals surface area contributed by atoms with Crippen LogP contribution >= 0.6 is 23.5 Å². The zero-order valence-corrected chi connectivity index (χ0v) is 13.3. The van der Waals surface area contributed by atoms with Crippen LogP contribution in [0.1, 0.15) is 0 Å². The van der Waals surface area contributed by atoms with Crippen molar-refractivity contribution in [3.63, 3.8) is 0 Å². The van der Waals surface area contributed by atoms with Gasteiger partial charge in [0.15, 0.2) is 0 Å². The molecular weight excluding hydrogens is 344 g/mol. The van der Waals surface area contributed by atoms with Crippen LogP contribution in [-0.4, -0.2) is 50.1 Å². The van der Waals surface area contributed by atoms with Crippen LogP contribution in [0.5, 0.6) is 5.95 Å². The molecule has 23 heavy (non-hydrogen) atoms. The number of thioether (sulfide) groups is 2. The fraction of sp³-hybridized carbons (Fsp3) is 0.308. The van der Waals surface area contributed by atoms with Gasteiger partial charge in [0.25, 0.3) is 5.95 Å². The molecule has 122 valence electrons. The lowest BCUT2D eigenvalue weighted by Gasteiger charge is -2.48. The van der Waals surface area contributed by atoms with Crippen LogP contribution in [0.2, 0.25) is 0 Å². The Bertz CT molecular complexity index is 687. The van der Waals surface area contributed by atoms with E-state index in [2.05, 4.69) is 0 Å². The molecule has 0 bridgehead atoms. The maximum absolute atomic E-state index is 11.8. The molecule has 2 aliphatic heterocycles. The third-order valence-electron chi connectivity index (χ3n) is 3.33. The third kappa shape index (κ3) is 2.96. The summed E-state index contributed by atoms with van der Waals surface area (Å²) in [6.45, 7) is 0. The lowest BCUT2D eigenvalue weighted by molar-refractivity contribution is -0.147. The van der Waals surface area contributed by atoms with Crippen molar-refractivity contribution < 1.29 is 28.6 Å². The Kier molecular flexibility index (Phi) is 4.37. The normalized spacial score (nSPS) is 23.3. The first kappa shape index (κ1) is 16.0. The summed E-state index contributed by atoms with van der Waals surface area (Å²) in [7, 11) is 0. The van der Waals surface area contributed by atoms with Gasteiger partial charge in [0.2, 0.25) is 5.91 Å². The standard InChI is InChI=1S/C13H12N2O6S2/c14-8-10(16)15-9(12(17)18)6(4-22-11(8)15)5-23-13(19)21-7-2-1-3-20-7/h1-3,8,11H,4-5,14H2,(H,17,18)/t8?,11-/m1/s1. The van der Waals surface area contributed by atoms with Crippen molar-refractivity contribution >= 4 is 40.7 Å². The topological polar surface area (TPSA) is 123 Å². The fourth-order valence-electron chi connectivity index (χ4n) is 2.27. The van der Waals surface area contributed by atoms with Gasteiger partial charge in [-0.3, -0.25) is 9.69 Å². The molecule has 1 aromatic rings. The van der Waals surface area contributed by atoms with Gasteiger partial charge in [0, 0.05) is 17.6 Å². The van der Waals surface area contributed by atoms with E-state index in [0.717, 1.165) is 11.8 Å². The van der Waals surface area contributed by atoms with E-state index in [1.54, 1.807) is 6.07 Å². The van der Waals surface area contributed by atoms with Crippen molar-refractivity contribution in [2.75, 3.05) is 11.5 Å². The summed E-state index contributed by atoms with van der Waals surface area (Å²) in [5.41, 5.74) is 6.07. The maximum atomic E-state index is 11.8. The zero-order chi connectivity index (χ0) is 16.6. The first-order valence-corrected chi connectivity index (χ1v) is 8.56. The lowest BCUT2D eigenvalue weighted by atomic mass is 10.0. The van der Waals surface area contributed by atoms with Crippen LogP contribution in [0.15, 0.2) is 34.1 Å². The minimum Gasteiger partial charge on any atom is -0.477 e. The molecule has 0 aromatic carbocycles. The summed E-state index contributed by atoms with van der Waals surface area (Å²) in [5.74, 6) is -1.05. The number of ether oxygens (including phenoxy) is 1. The third-order valence-corrected chi connectivity index (χ3v) is 5.51. The number of hydrogen-bond acceptors (Lipinski definition) is 8. The molecule has 0 aliphatic carbocycles. The Labute approximate surface area is 139 Å². The number of nitrogens with zero attached hydrogens (tertiary/aromatic N) is 1. The van der Waals surface area contributed by atoms with Crippen LogP contribution in [0, 0.1) is 0 Å². The predicted molar refractivity (Wildman–Crippen MR) is 82.9 cm³/mol. The van der Waals surface area contributed by atoms with Gasteiger partial charge in [0.1, 0.15) is 17.1 Å². The van der Waals surface area contributed by atoms with Crippen LogP contribution in [-0.2, 0) is 9.59 Å². The monoisotopic (exact) mass is 356 g/mol. The molecule has 3 heterocycles. The summed E-state index contributed by atoms with van der Waals surface area (Å²) >= 11 is 2.19. The van der Waals surface area contributed by atoms with E-state index in [1.165, 1.54) is 29.0 Å². The Morgan fingerprint density at radius 2 is 2.35 bits per heavy atom. The van der Waals surface area contributed by atoms with Crippen molar-refractivity contribution in [1.29, 1.82) is 0 Å². The van der Waals surface area contributed by atoms with Crippen molar-refractivity contribution in [2.24, 2.45) is 5.73 Å². The second-order valence-electron chi connectivity index (χ2n) is 4.77. The largest absolute Gasteiger partial charge is 0.477 e. The van der Waals surface area contributed by atoms with Crippen molar-refractivity contribution in [3.05, 3.63) is 29.7 Å². The second-order valence-corrected chi connectivity index (χ2v) is 6.78. The maximum Gasteiger partial charge on any atom is 0.375 e. The smallest absolute Gasteiger partial charge is 0.375 e. The molecule has 2 atom stereocenters. The van der Waals surface area contributed by atoms with Gasteiger partial charge < -0.3 is 20.0 Å². The van der Waals surface area contributed by atoms with Gasteiger partial charge >= 0.3 is 11.3 Å². The van der Waals surface area contributed by atoms with Crippen LogP contribution in [0.3, 0.4) is 0 Å². The van der Waals surface area contributed by atoms with Gasteiger partial charge in [0.05, 0.1) is 6.26 Å². The number of furan rings is 1. The zero-order valence-electron chi connectivity index (χ0n) is 11.6. The molecule has 1 aromatic heterocycles. The van der Waals surface area contributed by atoms with Gasteiger partial charge in [-0.05, 0) is 23.4 Å². The first-order chi connectivity index (χ1) is 11.0. The average molecular weight is 356 g/mol. The number of carboxylic acids is 1. The average Bonchev–Trinajstić information content (AvgIpc) is 3.03. The summed E-state index contributed by atoms with van der Waals surface area (Å²) in [5, 5.41) is 8.40. The molecule has 10 heteroatoms. The van der Waals surface area contributed by atoms with E-state index in [9.17, 15) is 19.5 Å². The van der Waals surface area contributed by atoms with Crippen molar-refractivity contribution in [2.45, 2.75) is 11.4 Å². The van der Waals surface area contributed by atoms with Gasteiger partial charge in [-0.15, -0.1) is 11.8 Å². The molecule has 1 amide bonds. The van der Waals surface area contributed by atoms with E-state index in [1.807, 2.05) is 0 Å². The van der Waals surface area contributed by atoms with E-state index in [-0.39, 0.29) is 22.8 Å². The molecule has 3 N–H and O–H groups in total. The molecule has 3 rings (SSSR count). The molecule has 1 unspecified atom stereocenters. The lowest BCUT2D eigenvalue weighted by Crippen LogP contribution is -2.68. The molecular formula is C13H12N2O6S2. The minimum absolute atomic E-state index is 0.0666. The van der Waals surface area contributed by atoms with Gasteiger partial charge in [-0.2, -0.15) is 0 Å². The molecule has 0 saturated carbocycles. The second kappa shape index (κ2) is 6.30. The Balaban J connectivity index is 1.69. The molecule has 0 radical (unpaired) electrons. The highest BCUT2D eigenvalue weighted by Gasteiger charge is 2.51. The fourth-order valence-corrected chi connectivity index (χ4v) is 4.36. The highest BCUT2D eigenvalue weighted by molar-refractivity contribution is 8.13. The Morgan fingerprint density at radius 1 is 1.57 bits per heavy atom. The summed E-state index contributed by atoms with van der Waals surface area (Å²) in [6, 6.07) is 2.39. The number of aliphatic carboxylic acids is 1. The molecule has 8 nitrogen and oxygen atoms in total. The summed E-state index contributed by atoms with van der Waals surface area (Å²) in [4.78, 5) is 36.1. The van der Waals surface area contributed by atoms with Gasteiger partial charge in [-0.1, -0.05) is 0 Å². The van der Waals surface area contributed by atoms with Crippen LogP contribution in [0.25, 0.3) is 0 Å². The number of carbonyl (C=O) groups excluding carboxylic acids is 2. The molecule has 2 aliphatic rings. The van der Waals surface area contributed by atoms with Gasteiger partial charge in [-0.25, -0.2) is 9.59 Å². The first-order valence-electron chi connectivity index (χ1n) is 6.52. The Morgan fingerprint density at radius 3 is 3.00 bits per heavy atom. The van der Waals surface area contributed by atoms with Crippen molar-refractivity contribution in [1.82, 2.24) is 4.90 Å². The highest BCUT2D eigenvalue weighted by atomic mass is 32.2. The molecule has 1 saturated heterocycles. The number of amides is 1. The number of β-lactam (4-membered cyclic amide) rings is 1. The van der Waals surface area contributed by atoms with E-state index < -0.39 is 23.2 Å². The number of hydrogen-bond donors (Lipinski definition) is 2. The molecule has 0 spiro atoms. The number of carbonyl (C=O) groups is 3. The predicted octanol–water partition coefficient (Wildman–Crippen LogP) is 1.09. The summed E-state index contributed by atoms with van der Waals surface area (Å²) < 4.78 is 9.81. The molecule has 1 fully saturated rings. The minimum atomic E-state index is -1.20. The van der Waals surface area contributed by atoms with E-state index >= 15 is 0 Å². The number of nitrogens with two attached hydrogens (primary N) is 1. The quantitative estimate of drug-likeness (QED) is 0.602. The number of carboxylic acid groups (broad SMARTS) is 1.